The lowest BCUT2D eigenvalue weighted by molar-refractivity contribution is -0.140. The van der Waals surface area contributed by atoms with Gasteiger partial charge in [0.2, 0.25) is 11.8 Å². The predicted octanol–water partition coefficient (Wildman–Crippen LogP) is 4.90. The van der Waals surface area contributed by atoms with Gasteiger partial charge in [0.1, 0.15) is 0 Å². The lowest BCUT2D eigenvalue weighted by Crippen LogP contribution is -2.46. The SMILES string of the molecule is C/C=C/c1ccc2n(c1=O)C[C@H]1[C@H](CO)[C@@H](C(=O)N3CCc4ccccc4C3)[C@@H]2N1CC.C/C=C\c1ccc2n(c1=O)C[C@H]1[C@H](CO)[C@@H](C(=O)N3CCc4ccccc4C3)[C@@H]2N1CC. The lowest BCUT2D eigenvalue weighted by Gasteiger charge is -2.38. The summed E-state index contributed by atoms with van der Waals surface area (Å²) in [5, 5.41) is 20.8. The van der Waals surface area contributed by atoms with Crippen molar-refractivity contribution in [3.63, 3.8) is 0 Å². The number of rotatable bonds is 8. The van der Waals surface area contributed by atoms with Crippen LogP contribution in [0.3, 0.4) is 0 Å². The summed E-state index contributed by atoms with van der Waals surface area (Å²) in [5.41, 5.74) is 8.12. The van der Waals surface area contributed by atoms with Crippen molar-refractivity contribution in [3.8, 4) is 0 Å². The van der Waals surface area contributed by atoms with E-state index in [-0.39, 0.29) is 84.0 Å². The van der Waals surface area contributed by atoms with Gasteiger partial charge in [-0.15, -0.1) is 0 Å². The molecular formula is C52H62N6O6. The number of nitrogens with zero attached hydrogens (tertiary/aromatic N) is 6. The monoisotopic (exact) mass is 866 g/mol. The van der Waals surface area contributed by atoms with Crippen LogP contribution in [0.1, 0.15) is 84.5 Å². The molecule has 0 saturated carbocycles. The van der Waals surface area contributed by atoms with E-state index in [1.54, 1.807) is 0 Å². The van der Waals surface area contributed by atoms with Gasteiger partial charge in [-0.2, -0.15) is 0 Å². The minimum atomic E-state index is -0.351. The number of carbonyl (C=O) groups excluding carboxylic acids is 2. The molecule has 0 aliphatic carbocycles. The van der Waals surface area contributed by atoms with Gasteiger partial charge < -0.3 is 29.1 Å². The van der Waals surface area contributed by atoms with Crippen molar-refractivity contribution in [2.45, 2.75) is 90.9 Å². The average Bonchev–Trinajstić information content (AvgIpc) is 3.70. The van der Waals surface area contributed by atoms with Crippen LogP contribution >= 0.6 is 0 Å². The van der Waals surface area contributed by atoms with Crippen LogP contribution in [-0.2, 0) is 48.6 Å². The molecule has 0 spiro atoms. The van der Waals surface area contributed by atoms with Crippen LogP contribution in [0, 0.1) is 23.7 Å². The summed E-state index contributed by atoms with van der Waals surface area (Å²) in [6.45, 7) is 13.1. The van der Waals surface area contributed by atoms with Gasteiger partial charge in [-0.05, 0) is 86.3 Å². The molecule has 2 aromatic heterocycles. The number of aromatic nitrogens is 2. The van der Waals surface area contributed by atoms with Crippen molar-refractivity contribution in [3.05, 3.63) is 150 Å². The van der Waals surface area contributed by atoms with Crippen LogP contribution in [0.2, 0.25) is 0 Å². The van der Waals surface area contributed by atoms with Crippen LogP contribution in [0.4, 0.5) is 0 Å². The molecule has 2 N–H and O–H groups in total. The standard InChI is InChI=1S/2C26H31N3O3/c2*1-3-7-18-10-11-21-24-23(20(16-30)22(28(24)4-2)15-29(21)25(18)31)26(32)27-13-12-17-8-5-6-9-19(17)14-27/h2*3,5-11,20,22-24,30H,4,12-16H2,1-2H3/b7-3+;7-3-/t2*20-,22-,23+,24+/m00/s1. The zero-order chi connectivity index (χ0) is 44.8. The fraction of sp³-hybridized carbons (Fsp3) is 0.462. The van der Waals surface area contributed by atoms with Crippen molar-refractivity contribution in [2.75, 3.05) is 39.4 Å². The number of fused-ring (bicyclic) bond motifs is 10. The van der Waals surface area contributed by atoms with E-state index >= 15 is 0 Å². The van der Waals surface area contributed by atoms with Crippen LogP contribution in [0.5, 0.6) is 0 Å². The molecule has 336 valence electrons. The number of hydrogen-bond acceptors (Lipinski definition) is 8. The maximum Gasteiger partial charge on any atom is 0.258 e. The molecule has 4 bridgehead atoms. The second kappa shape index (κ2) is 18.2. The Balaban J connectivity index is 0.000000162. The largest absolute Gasteiger partial charge is 0.396 e. The average molecular weight is 867 g/mol. The Morgan fingerprint density at radius 2 is 0.984 bits per heavy atom. The van der Waals surface area contributed by atoms with Crippen LogP contribution in [-0.4, -0.2) is 102 Å². The number of benzene rings is 2. The molecule has 0 unspecified atom stereocenters. The summed E-state index contributed by atoms with van der Waals surface area (Å²) >= 11 is 0. The molecule has 4 aromatic rings. The van der Waals surface area contributed by atoms with Gasteiger partial charge in [-0.3, -0.25) is 29.0 Å². The fourth-order valence-corrected chi connectivity index (χ4v) is 12.3. The molecule has 12 heteroatoms. The second-order valence-corrected chi connectivity index (χ2v) is 18.2. The van der Waals surface area contributed by atoms with E-state index in [4.69, 9.17) is 0 Å². The number of hydrogen-bond donors (Lipinski definition) is 2. The van der Waals surface area contributed by atoms with E-state index in [1.807, 2.05) is 106 Å². The van der Waals surface area contributed by atoms with Crippen molar-refractivity contribution in [2.24, 2.45) is 23.7 Å². The van der Waals surface area contributed by atoms with Gasteiger partial charge in [-0.25, -0.2) is 0 Å². The number of pyridine rings is 2. The van der Waals surface area contributed by atoms with E-state index in [0.29, 0.717) is 50.4 Å². The Kier molecular flexibility index (Phi) is 12.5. The molecule has 10 rings (SSSR count). The second-order valence-electron chi connectivity index (χ2n) is 18.2. The van der Waals surface area contributed by atoms with Gasteiger partial charge in [-0.1, -0.05) is 86.7 Å². The summed E-state index contributed by atoms with van der Waals surface area (Å²) in [7, 11) is 0. The first kappa shape index (κ1) is 43.8. The Hall–Kier alpha value is -5.40. The molecule has 2 fully saturated rings. The highest BCUT2D eigenvalue weighted by atomic mass is 16.3. The van der Waals surface area contributed by atoms with Crippen molar-refractivity contribution >= 4 is 24.0 Å². The molecule has 2 saturated heterocycles. The number of carbonyl (C=O) groups is 2. The van der Waals surface area contributed by atoms with Crippen LogP contribution in [0.25, 0.3) is 12.2 Å². The molecule has 2 aromatic carbocycles. The third-order valence-electron chi connectivity index (χ3n) is 15.3. The topological polar surface area (TPSA) is 132 Å². The fourth-order valence-electron chi connectivity index (χ4n) is 12.3. The number of allylic oxidation sites excluding steroid dienone is 2. The molecule has 2 amide bonds. The normalized spacial score (nSPS) is 26.9. The predicted molar refractivity (Wildman–Crippen MR) is 248 cm³/mol. The lowest BCUT2D eigenvalue weighted by atomic mass is 9.85. The molecule has 8 heterocycles. The number of amides is 2. The number of likely N-dealkylation sites (N-methyl/N-ethyl adjacent to an activating group) is 2. The Bertz CT molecular complexity index is 2420. The zero-order valence-electron chi connectivity index (χ0n) is 37.6. The van der Waals surface area contributed by atoms with Gasteiger partial charge in [0.25, 0.3) is 11.1 Å². The minimum absolute atomic E-state index is 0.0111. The van der Waals surface area contributed by atoms with Gasteiger partial charge in [0.05, 0.1) is 23.9 Å². The smallest absolute Gasteiger partial charge is 0.258 e. The summed E-state index contributed by atoms with van der Waals surface area (Å²) in [4.78, 5) is 62.8. The highest BCUT2D eigenvalue weighted by Gasteiger charge is 2.57. The van der Waals surface area contributed by atoms with E-state index in [0.717, 1.165) is 37.3 Å². The first-order valence-corrected chi connectivity index (χ1v) is 23.3. The van der Waals surface area contributed by atoms with E-state index in [2.05, 4.69) is 47.9 Å². The maximum atomic E-state index is 13.9. The summed E-state index contributed by atoms with van der Waals surface area (Å²) in [6, 6.07) is 24.0. The van der Waals surface area contributed by atoms with Crippen molar-refractivity contribution in [1.82, 2.24) is 28.7 Å². The van der Waals surface area contributed by atoms with E-state index in [1.165, 1.54) is 22.3 Å². The first-order valence-electron chi connectivity index (χ1n) is 23.3. The number of aliphatic hydroxyl groups is 2. The molecule has 6 aliphatic rings. The Morgan fingerprint density at radius 1 is 0.594 bits per heavy atom. The van der Waals surface area contributed by atoms with Crippen LogP contribution < -0.4 is 11.1 Å². The quantitative estimate of drug-likeness (QED) is 0.256. The Labute approximate surface area is 375 Å². The first-order chi connectivity index (χ1) is 31.2. The highest BCUT2D eigenvalue weighted by molar-refractivity contribution is 5.82. The van der Waals surface area contributed by atoms with Crippen LogP contribution in [0.15, 0.2) is 94.5 Å². The van der Waals surface area contributed by atoms with E-state index in [9.17, 15) is 29.4 Å². The highest BCUT2D eigenvalue weighted by Crippen LogP contribution is 2.50. The number of aliphatic hydroxyl groups excluding tert-OH is 2. The zero-order valence-corrected chi connectivity index (χ0v) is 37.6. The van der Waals surface area contributed by atoms with E-state index < -0.39 is 0 Å². The molecule has 12 nitrogen and oxygen atoms in total. The molecule has 64 heavy (non-hydrogen) atoms. The van der Waals surface area contributed by atoms with Gasteiger partial charge >= 0.3 is 0 Å². The molecular weight excluding hydrogens is 805 g/mol. The van der Waals surface area contributed by atoms with Crippen molar-refractivity contribution in [1.29, 1.82) is 0 Å². The van der Waals surface area contributed by atoms with Gasteiger partial charge in [0, 0.05) is 98.9 Å². The maximum absolute atomic E-state index is 13.9. The molecule has 0 radical (unpaired) electrons. The van der Waals surface area contributed by atoms with Crippen molar-refractivity contribution < 1.29 is 19.8 Å². The van der Waals surface area contributed by atoms with Gasteiger partial charge in [0.15, 0.2) is 0 Å². The third-order valence-corrected chi connectivity index (χ3v) is 15.3. The summed E-state index contributed by atoms with van der Waals surface area (Å²) in [5.74, 6) is -0.874. The molecule has 6 aliphatic heterocycles. The Morgan fingerprint density at radius 3 is 1.34 bits per heavy atom. The minimum Gasteiger partial charge on any atom is -0.396 e. The summed E-state index contributed by atoms with van der Waals surface area (Å²) in [6.07, 6.45) is 9.12. The third kappa shape index (κ3) is 7.32. The molecule has 8 atom stereocenters. The summed E-state index contributed by atoms with van der Waals surface area (Å²) < 4.78 is 3.69.